The number of hydrogen-bond acceptors (Lipinski definition) is 14. The smallest absolute Gasteiger partial charge is 0.245 e. The third-order valence-electron chi connectivity index (χ3n) is 9.99. The lowest BCUT2D eigenvalue weighted by Crippen LogP contribution is -2.61. The van der Waals surface area contributed by atoms with E-state index in [1.54, 1.807) is 44.2 Å². The molecule has 1 aromatic rings. The highest BCUT2D eigenvalue weighted by atomic mass is 16.3. The van der Waals surface area contributed by atoms with E-state index in [9.17, 15) is 48.3 Å². The van der Waals surface area contributed by atoms with Gasteiger partial charge in [-0.15, -0.1) is 0 Å². The number of carbonyl (C=O) groups is 9. The molecule has 23 nitrogen and oxygen atoms in total. The second-order valence-corrected chi connectivity index (χ2v) is 15.8. The molecule has 19 N–H and O–H groups in total. The van der Waals surface area contributed by atoms with Crippen LogP contribution >= 0.6 is 0 Å². The van der Waals surface area contributed by atoms with Gasteiger partial charge in [0.2, 0.25) is 53.2 Å². The fraction of sp³-hybridized carbons (Fsp3) is 0.625. The third kappa shape index (κ3) is 18.6. The lowest BCUT2D eigenvalue weighted by molar-refractivity contribution is -0.136. The van der Waals surface area contributed by atoms with Crippen LogP contribution in [0.4, 0.5) is 0 Å². The number of rotatable bonds is 16. The van der Waals surface area contributed by atoms with E-state index in [0.717, 1.165) is 0 Å². The van der Waals surface area contributed by atoms with Gasteiger partial charge in [-0.25, -0.2) is 0 Å². The van der Waals surface area contributed by atoms with Crippen molar-refractivity contribution in [1.82, 2.24) is 42.5 Å². The molecule has 352 valence electrons. The van der Waals surface area contributed by atoms with Crippen molar-refractivity contribution >= 4 is 53.2 Å². The fourth-order valence-electron chi connectivity index (χ4n) is 6.52. The van der Waals surface area contributed by atoms with Gasteiger partial charge in [0.05, 0.1) is 12.1 Å². The molecule has 0 unspecified atom stereocenters. The Morgan fingerprint density at radius 1 is 0.683 bits per heavy atom. The van der Waals surface area contributed by atoms with E-state index in [-0.39, 0.29) is 83.5 Å². The highest BCUT2D eigenvalue weighted by Gasteiger charge is 2.35. The van der Waals surface area contributed by atoms with E-state index in [0.29, 0.717) is 5.56 Å². The van der Waals surface area contributed by atoms with Gasteiger partial charge in [-0.1, -0.05) is 44.2 Å². The Labute approximate surface area is 366 Å². The molecular weight excluding hydrogens is 823 g/mol. The van der Waals surface area contributed by atoms with Crippen molar-refractivity contribution in [2.24, 2.45) is 34.6 Å². The van der Waals surface area contributed by atoms with Crippen LogP contribution in [0.15, 0.2) is 30.3 Å². The van der Waals surface area contributed by atoms with Gasteiger partial charge in [-0.2, -0.15) is 0 Å². The van der Waals surface area contributed by atoms with E-state index in [2.05, 4.69) is 42.5 Å². The normalized spacial score (nSPS) is 24.9. The first kappa shape index (κ1) is 53.4. The van der Waals surface area contributed by atoms with Crippen LogP contribution in [0.25, 0.3) is 0 Å². The number of amides is 9. The predicted octanol–water partition coefficient (Wildman–Crippen LogP) is -5.79. The number of aliphatic hydroxyl groups excluding tert-OH is 1. The molecule has 2 rings (SSSR count). The molecule has 0 aromatic heterocycles. The maximum Gasteiger partial charge on any atom is 0.245 e. The van der Waals surface area contributed by atoms with Gasteiger partial charge >= 0.3 is 0 Å². The van der Waals surface area contributed by atoms with Crippen LogP contribution < -0.4 is 71.2 Å². The van der Waals surface area contributed by atoms with Crippen LogP contribution in [0, 0.1) is 5.92 Å². The Bertz CT molecular complexity index is 1720. The largest absolute Gasteiger partial charge is 0.391 e. The molecule has 1 aliphatic rings. The number of nitrogens with one attached hydrogen (secondary N) is 8. The van der Waals surface area contributed by atoms with Gasteiger partial charge in [-0.05, 0) is 76.6 Å². The van der Waals surface area contributed by atoms with E-state index in [1.807, 2.05) is 0 Å². The second-order valence-electron chi connectivity index (χ2n) is 15.8. The molecule has 1 heterocycles. The molecular formula is C40H67N13O10. The first-order valence-electron chi connectivity index (χ1n) is 21.1. The molecule has 1 saturated heterocycles. The first-order chi connectivity index (χ1) is 29.8. The topological polar surface area (TPSA) is 400 Å². The summed E-state index contributed by atoms with van der Waals surface area (Å²) < 4.78 is 0. The number of benzene rings is 1. The first-order valence-corrected chi connectivity index (χ1v) is 21.1. The summed E-state index contributed by atoms with van der Waals surface area (Å²) >= 11 is 0. The molecule has 1 aliphatic heterocycles. The Morgan fingerprint density at radius 2 is 1.14 bits per heavy atom. The van der Waals surface area contributed by atoms with E-state index in [4.69, 9.17) is 28.7 Å². The summed E-state index contributed by atoms with van der Waals surface area (Å²) in [6.07, 6.45) is -2.54. The van der Waals surface area contributed by atoms with Crippen molar-refractivity contribution < 1.29 is 48.3 Å². The van der Waals surface area contributed by atoms with Gasteiger partial charge in [-0.3, -0.25) is 43.2 Å². The summed E-state index contributed by atoms with van der Waals surface area (Å²) in [6, 6.07) is -2.31. The lowest BCUT2D eigenvalue weighted by Gasteiger charge is -2.28. The molecule has 63 heavy (non-hydrogen) atoms. The standard InChI is InChI=1S/C40H67N13O10/c1-21(2)19-29-38(61)50-25(11-15-41)34(57)49-27(13-17-43)37(60)53-32(22(3)54)40(63)46-18-14-28(47-33(56)24(44)9-10-31(45)55)36(59)48-26(12-16-42)35(58)52-30(39(62)51-29)20-23-7-5-4-6-8-23/h4-8,21-22,24-30,32,54H,9-20,41-44H2,1-3H3,(H2,45,55)(H,46,63)(H,47,56)(H,48,59)(H,49,57)(H,50,61)(H,51,62)(H,52,58)(H,53,60)/t22-,24+,25+,26+,27+,28+,29+,30-,32+/m1/s1. The summed E-state index contributed by atoms with van der Waals surface area (Å²) in [5.41, 5.74) is 29.2. The van der Waals surface area contributed by atoms with Crippen molar-refractivity contribution in [3.8, 4) is 0 Å². The monoisotopic (exact) mass is 890 g/mol. The SMILES string of the molecule is CC(C)C[C@@H]1NC(=O)[C@@H](Cc2ccccc2)NC(=O)[C@H](CCN)NC(=O)[C@@H](NC(=O)[C@@H](N)CCC(N)=O)CCNC(=O)[C@H]([C@@H](C)O)NC(=O)[C@H](CCN)NC(=O)[C@H](CCN)NC1=O. The third-order valence-corrected chi connectivity index (χ3v) is 9.99. The average molecular weight is 890 g/mol. The highest BCUT2D eigenvalue weighted by molar-refractivity contribution is 5.98. The minimum absolute atomic E-state index is 0.0600. The summed E-state index contributed by atoms with van der Waals surface area (Å²) in [5, 5.41) is 31.0. The van der Waals surface area contributed by atoms with Gasteiger partial charge in [0.15, 0.2) is 0 Å². The van der Waals surface area contributed by atoms with Gasteiger partial charge < -0.3 is 76.3 Å². The van der Waals surface area contributed by atoms with Gasteiger partial charge in [0.1, 0.15) is 42.3 Å². The van der Waals surface area contributed by atoms with Crippen LogP contribution in [0.1, 0.15) is 71.3 Å². The van der Waals surface area contributed by atoms with E-state index in [1.165, 1.54) is 6.92 Å². The molecule has 1 fully saturated rings. The van der Waals surface area contributed by atoms with Crippen molar-refractivity contribution in [3.63, 3.8) is 0 Å². The molecule has 23 heteroatoms. The van der Waals surface area contributed by atoms with Crippen molar-refractivity contribution in [2.75, 3.05) is 26.2 Å². The number of aliphatic hydroxyl groups is 1. The molecule has 1 aromatic carbocycles. The van der Waals surface area contributed by atoms with Crippen LogP contribution in [0.3, 0.4) is 0 Å². The van der Waals surface area contributed by atoms with Crippen LogP contribution in [0.2, 0.25) is 0 Å². The molecule has 0 radical (unpaired) electrons. The number of nitrogens with two attached hydrogens (primary N) is 5. The van der Waals surface area contributed by atoms with Crippen molar-refractivity contribution in [2.45, 2.75) is 127 Å². The molecule has 0 bridgehead atoms. The maximum atomic E-state index is 14.2. The molecule has 0 saturated carbocycles. The zero-order valence-electron chi connectivity index (χ0n) is 36.2. The maximum absolute atomic E-state index is 14.2. The van der Waals surface area contributed by atoms with Crippen LogP contribution in [-0.2, 0) is 49.6 Å². The highest BCUT2D eigenvalue weighted by Crippen LogP contribution is 2.11. The summed E-state index contributed by atoms with van der Waals surface area (Å²) in [4.78, 5) is 121. The Morgan fingerprint density at radius 3 is 1.63 bits per heavy atom. The molecule has 0 aliphatic carbocycles. The minimum atomic E-state index is -1.60. The zero-order chi connectivity index (χ0) is 47.2. The Hall–Kier alpha value is -5.75. The number of carbonyl (C=O) groups excluding carboxylic acids is 9. The van der Waals surface area contributed by atoms with Gasteiger partial charge in [0, 0.05) is 19.4 Å². The second kappa shape index (κ2) is 27.3. The molecule has 9 atom stereocenters. The minimum Gasteiger partial charge on any atom is -0.391 e. The zero-order valence-corrected chi connectivity index (χ0v) is 36.2. The van der Waals surface area contributed by atoms with E-state index < -0.39 is 108 Å². The predicted molar refractivity (Wildman–Crippen MR) is 230 cm³/mol. The van der Waals surface area contributed by atoms with Crippen LogP contribution in [0.5, 0.6) is 0 Å². The van der Waals surface area contributed by atoms with Crippen molar-refractivity contribution in [3.05, 3.63) is 35.9 Å². The number of primary amides is 1. The summed E-state index contributed by atoms with van der Waals surface area (Å²) in [7, 11) is 0. The Kier molecular flexibility index (Phi) is 23.2. The van der Waals surface area contributed by atoms with E-state index >= 15 is 0 Å². The average Bonchev–Trinajstić information content (AvgIpc) is 3.22. The van der Waals surface area contributed by atoms with Crippen molar-refractivity contribution in [1.29, 1.82) is 0 Å². The summed E-state index contributed by atoms with van der Waals surface area (Å²) in [5.74, 6) is -7.70. The molecule has 9 amide bonds. The quantitative estimate of drug-likeness (QED) is 0.0736. The number of hydrogen-bond donors (Lipinski definition) is 14. The summed E-state index contributed by atoms with van der Waals surface area (Å²) in [6.45, 7) is 4.19. The lowest BCUT2D eigenvalue weighted by atomic mass is 10.00. The fourth-order valence-corrected chi connectivity index (χ4v) is 6.52. The van der Waals surface area contributed by atoms with Gasteiger partial charge in [0.25, 0.3) is 0 Å². The molecule has 0 spiro atoms. The Balaban J connectivity index is 2.69. The van der Waals surface area contributed by atoms with Crippen LogP contribution in [-0.4, -0.2) is 139 Å².